The van der Waals surface area contributed by atoms with Crippen molar-refractivity contribution in [3.8, 4) is 0 Å². The third kappa shape index (κ3) is 4.76. The average Bonchev–Trinajstić information content (AvgIpc) is 3.36. The van der Waals surface area contributed by atoms with Gasteiger partial charge in [-0.25, -0.2) is 14.2 Å². The maximum Gasteiger partial charge on any atom is 0.350 e. The number of aliphatic hydroxyl groups excluding tert-OH is 1. The average molecular weight is 493 g/mol. The number of ketones is 1. The van der Waals surface area contributed by atoms with Gasteiger partial charge < -0.3 is 9.84 Å². The molecule has 3 aromatic rings. The lowest BCUT2D eigenvalue weighted by molar-refractivity contribution is -0.117. The van der Waals surface area contributed by atoms with Gasteiger partial charge in [-0.1, -0.05) is 59.9 Å². The highest BCUT2D eigenvalue weighted by molar-refractivity contribution is 7.17. The number of nitrogens with zero attached hydrogens (tertiary/aromatic N) is 2. The number of halogens is 1. The Hall–Kier alpha value is -4.11. The van der Waals surface area contributed by atoms with Crippen molar-refractivity contribution in [3.05, 3.63) is 99.5 Å². The van der Waals surface area contributed by atoms with E-state index in [4.69, 9.17) is 4.74 Å². The quantitative estimate of drug-likeness (QED) is 0.370. The van der Waals surface area contributed by atoms with Crippen molar-refractivity contribution in [1.82, 2.24) is 4.98 Å². The highest BCUT2D eigenvalue weighted by atomic mass is 32.1. The molecule has 7 nitrogen and oxygen atoms in total. The Labute approximate surface area is 204 Å². The molecule has 0 saturated carbocycles. The predicted molar refractivity (Wildman–Crippen MR) is 130 cm³/mol. The smallest absolute Gasteiger partial charge is 0.350 e. The Morgan fingerprint density at radius 2 is 1.86 bits per heavy atom. The summed E-state index contributed by atoms with van der Waals surface area (Å²) in [4.78, 5) is 44.4. The minimum Gasteiger partial charge on any atom is -0.503 e. The lowest BCUT2D eigenvalue weighted by Gasteiger charge is -2.24. The number of carbonyl (C=O) groups excluding carboxylic acids is 3. The molecule has 178 valence electrons. The summed E-state index contributed by atoms with van der Waals surface area (Å²) in [6.45, 7) is 3.44. The molecule has 2 heterocycles. The zero-order valence-corrected chi connectivity index (χ0v) is 19.7. The van der Waals surface area contributed by atoms with Crippen molar-refractivity contribution in [3.63, 3.8) is 0 Å². The van der Waals surface area contributed by atoms with E-state index in [2.05, 4.69) is 4.98 Å². The van der Waals surface area contributed by atoms with Gasteiger partial charge in [0.2, 0.25) is 0 Å². The van der Waals surface area contributed by atoms with Crippen LogP contribution in [-0.2, 0) is 14.3 Å². The molecule has 1 aliphatic rings. The van der Waals surface area contributed by atoms with Gasteiger partial charge >= 0.3 is 5.97 Å². The van der Waals surface area contributed by atoms with Gasteiger partial charge in [0, 0.05) is 0 Å². The number of benzene rings is 2. The van der Waals surface area contributed by atoms with Gasteiger partial charge in [-0.15, -0.1) is 0 Å². The van der Waals surface area contributed by atoms with Crippen LogP contribution in [0.3, 0.4) is 0 Å². The van der Waals surface area contributed by atoms with E-state index in [0.717, 1.165) is 21.8 Å². The van der Waals surface area contributed by atoms with Gasteiger partial charge in [0.15, 0.2) is 16.7 Å². The number of aryl methyl sites for hydroxylation is 1. The number of amides is 1. The zero-order chi connectivity index (χ0) is 25.1. The number of carbonyl (C=O) groups is 3. The highest BCUT2D eigenvalue weighted by Gasteiger charge is 2.45. The second kappa shape index (κ2) is 10.0. The van der Waals surface area contributed by atoms with Crippen LogP contribution in [-0.4, -0.2) is 34.4 Å². The predicted octanol–water partition coefficient (Wildman–Crippen LogP) is 4.95. The SMILES string of the molecule is CCOC(=O)c1sc(N2C(=O)C(O)=C(C(=O)C=Cc3ccccc3)C2c2ccc(F)cc2)nc1C. The Morgan fingerprint density at radius 3 is 2.51 bits per heavy atom. The molecule has 0 spiro atoms. The second-order valence-corrected chi connectivity index (χ2v) is 8.61. The summed E-state index contributed by atoms with van der Waals surface area (Å²) in [5.74, 6) is -3.25. The molecule has 35 heavy (non-hydrogen) atoms. The molecule has 1 aromatic heterocycles. The van der Waals surface area contributed by atoms with Gasteiger partial charge in [0.1, 0.15) is 10.7 Å². The van der Waals surface area contributed by atoms with Crippen molar-refractivity contribution in [1.29, 1.82) is 0 Å². The number of hydrogen-bond donors (Lipinski definition) is 1. The number of esters is 1. The van der Waals surface area contributed by atoms with E-state index in [1.165, 1.54) is 30.3 Å². The van der Waals surface area contributed by atoms with Gasteiger partial charge in [-0.3, -0.25) is 14.5 Å². The first kappa shape index (κ1) is 24.0. The lowest BCUT2D eigenvalue weighted by Crippen LogP contribution is -2.30. The molecule has 1 N–H and O–H groups in total. The Morgan fingerprint density at radius 1 is 1.17 bits per heavy atom. The normalized spacial score (nSPS) is 15.8. The molecule has 0 radical (unpaired) electrons. The Bertz CT molecular complexity index is 1350. The number of rotatable bonds is 7. The summed E-state index contributed by atoms with van der Waals surface area (Å²) in [5.41, 5.74) is 1.33. The third-order valence-corrected chi connectivity index (χ3v) is 6.48. The molecule has 4 rings (SSSR count). The summed E-state index contributed by atoms with van der Waals surface area (Å²) in [6, 6.07) is 13.3. The fraction of sp³-hybridized carbons (Fsp3) is 0.154. The monoisotopic (exact) mass is 492 g/mol. The van der Waals surface area contributed by atoms with E-state index in [0.29, 0.717) is 11.3 Å². The van der Waals surface area contributed by atoms with E-state index in [1.54, 1.807) is 32.1 Å². The van der Waals surface area contributed by atoms with Crippen molar-refractivity contribution in [2.75, 3.05) is 11.5 Å². The van der Waals surface area contributed by atoms with E-state index < -0.39 is 35.3 Å². The van der Waals surface area contributed by atoms with E-state index in [9.17, 15) is 23.9 Å². The summed E-state index contributed by atoms with van der Waals surface area (Å²) in [6.07, 6.45) is 2.84. The summed E-state index contributed by atoms with van der Waals surface area (Å²) in [7, 11) is 0. The number of thiazole rings is 1. The topological polar surface area (TPSA) is 96.8 Å². The molecular weight excluding hydrogens is 471 g/mol. The van der Waals surface area contributed by atoms with Crippen molar-refractivity contribution >= 4 is 40.2 Å². The largest absolute Gasteiger partial charge is 0.503 e. The molecule has 1 unspecified atom stereocenters. The number of hydrogen-bond acceptors (Lipinski definition) is 7. The number of anilines is 1. The van der Waals surface area contributed by atoms with Crippen LogP contribution < -0.4 is 4.90 Å². The standard InChI is InChI=1S/C26H21FN2O5S/c1-3-34-25(33)23-15(2)28-26(35-23)29-21(17-10-12-18(27)13-11-17)20(22(31)24(29)32)19(30)14-9-16-7-5-4-6-8-16/h4-14,21,31H,3H2,1-2H3. The van der Waals surface area contributed by atoms with Gasteiger partial charge in [-0.2, -0.15) is 0 Å². The first-order chi connectivity index (χ1) is 16.8. The van der Waals surface area contributed by atoms with Crippen molar-refractivity contribution in [2.24, 2.45) is 0 Å². The highest BCUT2D eigenvalue weighted by Crippen LogP contribution is 2.43. The molecule has 0 bridgehead atoms. The second-order valence-electron chi connectivity index (χ2n) is 7.63. The van der Waals surface area contributed by atoms with Crippen LogP contribution in [0.2, 0.25) is 0 Å². The van der Waals surface area contributed by atoms with Gasteiger partial charge in [0.25, 0.3) is 5.91 Å². The van der Waals surface area contributed by atoms with E-state index in [1.807, 2.05) is 18.2 Å². The van der Waals surface area contributed by atoms with Gasteiger partial charge in [-0.05, 0) is 43.2 Å². The Kier molecular flexibility index (Phi) is 6.88. The molecule has 2 aromatic carbocycles. The summed E-state index contributed by atoms with van der Waals surface area (Å²) in [5, 5.41) is 10.9. The maximum atomic E-state index is 13.6. The molecule has 0 aliphatic carbocycles. The van der Waals surface area contributed by atoms with Crippen LogP contribution >= 0.6 is 11.3 Å². The minimum absolute atomic E-state index is 0.103. The summed E-state index contributed by atoms with van der Waals surface area (Å²) < 4.78 is 18.7. The number of aromatic nitrogens is 1. The molecule has 1 amide bonds. The molecule has 0 fully saturated rings. The molecule has 1 aliphatic heterocycles. The fourth-order valence-corrected chi connectivity index (χ4v) is 4.70. The van der Waals surface area contributed by atoms with Crippen molar-refractivity contribution < 1.29 is 28.6 Å². The van der Waals surface area contributed by atoms with E-state index in [-0.39, 0.29) is 22.2 Å². The van der Waals surface area contributed by atoms with Gasteiger partial charge in [0.05, 0.1) is 23.9 Å². The molecule has 0 saturated heterocycles. The van der Waals surface area contributed by atoms with E-state index >= 15 is 0 Å². The first-order valence-electron chi connectivity index (χ1n) is 10.8. The van der Waals surface area contributed by atoms with Crippen LogP contribution in [0.4, 0.5) is 9.52 Å². The third-order valence-electron chi connectivity index (χ3n) is 5.34. The van der Waals surface area contributed by atoms with Crippen LogP contribution in [0.25, 0.3) is 6.08 Å². The lowest BCUT2D eigenvalue weighted by atomic mass is 9.95. The van der Waals surface area contributed by atoms with Crippen molar-refractivity contribution in [2.45, 2.75) is 19.9 Å². The number of allylic oxidation sites excluding steroid dienone is 1. The first-order valence-corrected chi connectivity index (χ1v) is 11.6. The number of ether oxygens (including phenoxy) is 1. The summed E-state index contributed by atoms with van der Waals surface area (Å²) >= 11 is 0.914. The zero-order valence-electron chi connectivity index (χ0n) is 18.9. The van der Waals surface area contributed by atoms with Crippen LogP contribution in [0.15, 0.2) is 72.0 Å². The van der Waals surface area contributed by atoms with Crippen LogP contribution in [0.1, 0.15) is 39.5 Å². The molecular formula is C26H21FN2O5S. The fourth-order valence-electron chi connectivity index (χ4n) is 3.71. The maximum absolute atomic E-state index is 13.6. The van der Waals surface area contributed by atoms with Crippen LogP contribution in [0.5, 0.6) is 0 Å². The Balaban J connectivity index is 1.78. The minimum atomic E-state index is -1.07. The molecule has 9 heteroatoms. The van der Waals surface area contributed by atoms with Crippen LogP contribution in [0, 0.1) is 12.7 Å². The number of aliphatic hydroxyl groups is 1. The molecule has 1 atom stereocenters.